The number of nitrogens with two attached hydrogens (primary N) is 1. The van der Waals surface area contributed by atoms with Crippen LogP contribution in [0.4, 0.5) is 0 Å². The van der Waals surface area contributed by atoms with Crippen molar-refractivity contribution in [3.8, 4) is 0 Å². The maximum absolute atomic E-state index is 12.5. The van der Waals surface area contributed by atoms with E-state index in [1.54, 1.807) is 0 Å². The summed E-state index contributed by atoms with van der Waals surface area (Å²) < 4.78 is 0. The van der Waals surface area contributed by atoms with E-state index in [4.69, 9.17) is 5.73 Å². The molecular weight excluding hydrogens is 240 g/mol. The molecule has 0 aromatic carbocycles. The van der Waals surface area contributed by atoms with E-state index in [0.29, 0.717) is 5.92 Å². The van der Waals surface area contributed by atoms with E-state index in [9.17, 15) is 9.90 Å². The third-order valence-electron chi connectivity index (χ3n) is 5.11. The van der Waals surface area contributed by atoms with Crippen molar-refractivity contribution in [2.45, 2.75) is 75.8 Å². The summed E-state index contributed by atoms with van der Waals surface area (Å²) in [4.78, 5) is 12.5. The van der Waals surface area contributed by atoms with E-state index >= 15 is 0 Å². The van der Waals surface area contributed by atoms with Crippen molar-refractivity contribution in [3.05, 3.63) is 0 Å². The largest absolute Gasteiger partial charge is 0.394 e. The van der Waals surface area contributed by atoms with E-state index < -0.39 is 11.1 Å². The highest BCUT2D eigenvalue weighted by molar-refractivity contribution is 5.86. The van der Waals surface area contributed by atoms with Gasteiger partial charge in [-0.3, -0.25) is 4.79 Å². The Morgan fingerprint density at radius 2 is 1.79 bits per heavy atom. The van der Waals surface area contributed by atoms with Crippen LogP contribution in [0.3, 0.4) is 0 Å². The third kappa shape index (κ3) is 3.29. The minimum absolute atomic E-state index is 0.0293. The summed E-state index contributed by atoms with van der Waals surface area (Å²) >= 11 is 0. The smallest absolute Gasteiger partial charge is 0.240 e. The number of aliphatic hydroxyl groups excluding tert-OH is 1. The van der Waals surface area contributed by atoms with Gasteiger partial charge in [0.25, 0.3) is 0 Å². The Balaban J connectivity index is 1.99. The second kappa shape index (κ2) is 5.80. The molecule has 4 nitrogen and oxygen atoms in total. The van der Waals surface area contributed by atoms with Crippen LogP contribution in [0.2, 0.25) is 0 Å². The first-order chi connectivity index (χ1) is 9.00. The van der Waals surface area contributed by atoms with Gasteiger partial charge in [0.05, 0.1) is 17.7 Å². The molecule has 4 N–H and O–H groups in total. The molecule has 0 aliphatic heterocycles. The lowest BCUT2D eigenvalue weighted by molar-refractivity contribution is -0.130. The maximum Gasteiger partial charge on any atom is 0.240 e. The molecule has 0 aromatic heterocycles. The number of carbonyl (C=O) groups is 1. The molecule has 0 heterocycles. The maximum atomic E-state index is 12.5. The molecule has 0 bridgehead atoms. The first-order valence-electron chi connectivity index (χ1n) is 7.72. The van der Waals surface area contributed by atoms with Gasteiger partial charge in [-0.05, 0) is 44.4 Å². The number of carbonyl (C=O) groups excluding carboxylic acids is 1. The van der Waals surface area contributed by atoms with Crippen LogP contribution in [0.15, 0.2) is 0 Å². The van der Waals surface area contributed by atoms with E-state index in [1.807, 2.05) is 0 Å². The molecule has 2 aliphatic carbocycles. The minimum atomic E-state index is -0.705. The lowest BCUT2D eigenvalue weighted by atomic mass is 9.76. The molecular formula is C15H28N2O2. The topological polar surface area (TPSA) is 75.3 Å². The average molecular weight is 268 g/mol. The van der Waals surface area contributed by atoms with Crippen molar-refractivity contribution >= 4 is 5.91 Å². The zero-order valence-electron chi connectivity index (χ0n) is 12.1. The first kappa shape index (κ1) is 14.8. The number of aliphatic hydroxyl groups is 1. The molecule has 0 unspecified atom stereocenters. The van der Waals surface area contributed by atoms with Crippen molar-refractivity contribution in [2.75, 3.05) is 6.61 Å². The Kier molecular flexibility index (Phi) is 4.51. The summed E-state index contributed by atoms with van der Waals surface area (Å²) in [6.45, 7) is 2.26. The van der Waals surface area contributed by atoms with Crippen molar-refractivity contribution in [1.29, 1.82) is 0 Å². The van der Waals surface area contributed by atoms with Gasteiger partial charge >= 0.3 is 0 Å². The Bertz CT molecular complexity index is 316. The van der Waals surface area contributed by atoms with Gasteiger partial charge in [-0.15, -0.1) is 0 Å². The van der Waals surface area contributed by atoms with Crippen molar-refractivity contribution in [1.82, 2.24) is 5.32 Å². The molecule has 0 spiro atoms. The Labute approximate surface area is 116 Å². The third-order valence-corrected chi connectivity index (χ3v) is 5.11. The van der Waals surface area contributed by atoms with Crippen LogP contribution in [0, 0.1) is 5.92 Å². The standard InChI is InChI=1S/C15H28N2O2/c1-12-5-9-14(11-18,10-6-12)17-13(19)15(16)7-3-2-4-8-15/h12,18H,2-11,16H2,1H3,(H,17,19). The van der Waals surface area contributed by atoms with Crippen LogP contribution in [-0.4, -0.2) is 28.7 Å². The monoisotopic (exact) mass is 268 g/mol. The number of rotatable bonds is 3. The summed E-state index contributed by atoms with van der Waals surface area (Å²) in [7, 11) is 0. The molecule has 19 heavy (non-hydrogen) atoms. The fourth-order valence-electron chi connectivity index (χ4n) is 3.41. The van der Waals surface area contributed by atoms with Crippen molar-refractivity contribution in [3.63, 3.8) is 0 Å². The van der Waals surface area contributed by atoms with Gasteiger partial charge in [-0.2, -0.15) is 0 Å². The van der Waals surface area contributed by atoms with Crippen LogP contribution < -0.4 is 11.1 Å². The fraction of sp³-hybridized carbons (Fsp3) is 0.933. The minimum Gasteiger partial charge on any atom is -0.394 e. The zero-order chi connectivity index (χ0) is 13.9. The van der Waals surface area contributed by atoms with E-state index in [-0.39, 0.29) is 12.5 Å². The fourth-order valence-corrected chi connectivity index (χ4v) is 3.41. The van der Waals surface area contributed by atoms with Gasteiger partial charge in [0, 0.05) is 0 Å². The summed E-state index contributed by atoms with van der Waals surface area (Å²) in [5, 5.41) is 12.8. The van der Waals surface area contributed by atoms with Gasteiger partial charge in [0.1, 0.15) is 0 Å². The van der Waals surface area contributed by atoms with Crippen LogP contribution in [0.25, 0.3) is 0 Å². The first-order valence-corrected chi connectivity index (χ1v) is 7.72. The SMILES string of the molecule is CC1CCC(CO)(NC(=O)C2(N)CCCCC2)CC1. The van der Waals surface area contributed by atoms with Gasteiger partial charge in [-0.25, -0.2) is 0 Å². The zero-order valence-corrected chi connectivity index (χ0v) is 12.1. The molecule has 2 fully saturated rings. The Morgan fingerprint density at radius 3 is 2.32 bits per heavy atom. The summed E-state index contributed by atoms with van der Waals surface area (Å²) in [6, 6.07) is 0. The second-order valence-corrected chi connectivity index (χ2v) is 6.79. The summed E-state index contributed by atoms with van der Waals surface area (Å²) in [5.41, 5.74) is 5.14. The number of hydrogen-bond acceptors (Lipinski definition) is 3. The predicted octanol–water partition coefficient (Wildman–Crippen LogP) is 1.71. The number of amides is 1. The molecule has 0 saturated heterocycles. The molecule has 110 valence electrons. The average Bonchev–Trinajstić information content (AvgIpc) is 2.42. The number of nitrogens with one attached hydrogen (secondary N) is 1. The van der Waals surface area contributed by atoms with E-state index in [2.05, 4.69) is 12.2 Å². The molecule has 2 aliphatic rings. The molecule has 0 aromatic rings. The van der Waals surface area contributed by atoms with Crippen molar-refractivity contribution < 1.29 is 9.90 Å². The van der Waals surface area contributed by atoms with Gasteiger partial charge in [0.15, 0.2) is 0 Å². The second-order valence-electron chi connectivity index (χ2n) is 6.79. The highest BCUT2D eigenvalue weighted by Crippen LogP contribution is 2.33. The molecule has 4 heteroatoms. The van der Waals surface area contributed by atoms with Crippen LogP contribution in [0.5, 0.6) is 0 Å². The predicted molar refractivity (Wildman–Crippen MR) is 75.6 cm³/mol. The van der Waals surface area contributed by atoms with Crippen molar-refractivity contribution in [2.24, 2.45) is 11.7 Å². The molecule has 0 radical (unpaired) electrons. The normalized spacial score (nSPS) is 34.8. The van der Waals surface area contributed by atoms with Crippen LogP contribution >= 0.6 is 0 Å². The Hall–Kier alpha value is -0.610. The summed E-state index contributed by atoms with van der Waals surface area (Å²) in [5.74, 6) is 0.647. The number of hydrogen-bond donors (Lipinski definition) is 3. The van der Waals surface area contributed by atoms with Gasteiger partial charge < -0.3 is 16.2 Å². The molecule has 1 amide bonds. The van der Waals surface area contributed by atoms with Gasteiger partial charge in [-0.1, -0.05) is 26.2 Å². The highest BCUT2D eigenvalue weighted by atomic mass is 16.3. The van der Waals surface area contributed by atoms with E-state index in [1.165, 1.54) is 6.42 Å². The molecule has 2 rings (SSSR count). The Morgan fingerprint density at radius 1 is 1.21 bits per heavy atom. The summed E-state index contributed by atoms with van der Waals surface area (Å²) in [6.07, 6.45) is 8.67. The van der Waals surface area contributed by atoms with E-state index in [0.717, 1.165) is 51.4 Å². The van der Waals surface area contributed by atoms with Gasteiger partial charge in [0.2, 0.25) is 5.91 Å². The lowest BCUT2D eigenvalue weighted by Gasteiger charge is -2.42. The van der Waals surface area contributed by atoms with Crippen LogP contribution in [0.1, 0.15) is 64.7 Å². The lowest BCUT2D eigenvalue weighted by Crippen LogP contribution is -2.62. The quantitative estimate of drug-likeness (QED) is 0.729. The highest BCUT2D eigenvalue weighted by Gasteiger charge is 2.41. The van der Waals surface area contributed by atoms with Crippen LogP contribution in [-0.2, 0) is 4.79 Å². The molecule has 2 saturated carbocycles. The molecule has 0 atom stereocenters.